The zero-order chi connectivity index (χ0) is 12.6. The van der Waals surface area contributed by atoms with E-state index in [1.165, 1.54) is 0 Å². The Morgan fingerprint density at radius 1 is 1.50 bits per heavy atom. The number of ether oxygens (including phenoxy) is 2. The molecular weight excluding hydrogens is 232 g/mol. The van der Waals surface area contributed by atoms with Crippen molar-refractivity contribution >= 4 is 11.8 Å². The summed E-state index contributed by atoms with van der Waals surface area (Å²) in [4.78, 5) is 13.7. The summed E-state index contributed by atoms with van der Waals surface area (Å²) in [6.07, 6.45) is 0.641. The highest BCUT2D eigenvalue weighted by Gasteiger charge is 2.50. The lowest BCUT2D eigenvalue weighted by Gasteiger charge is -2.30. The molecule has 5 heteroatoms. The first-order valence-electron chi connectivity index (χ1n) is 6.07. The maximum Gasteiger partial charge on any atom is 0.415 e. The van der Waals surface area contributed by atoms with Gasteiger partial charge in [-0.1, -0.05) is 6.07 Å². The Morgan fingerprint density at radius 2 is 2.39 bits per heavy atom. The van der Waals surface area contributed by atoms with Gasteiger partial charge >= 0.3 is 6.09 Å². The second-order valence-corrected chi connectivity index (χ2v) is 4.74. The molecule has 0 saturated carbocycles. The van der Waals surface area contributed by atoms with Crippen LogP contribution in [0.4, 0.5) is 10.5 Å². The number of carbonyl (C=O) groups is 1. The lowest BCUT2D eigenvalue weighted by molar-refractivity contribution is 0.174. The maximum absolute atomic E-state index is 12.0. The van der Waals surface area contributed by atoms with Gasteiger partial charge in [-0.3, -0.25) is 4.90 Å². The van der Waals surface area contributed by atoms with Crippen molar-refractivity contribution in [2.45, 2.75) is 12.0 Å². The summed E-state index contributed by atoms with van der Waals surface area (Å²) in [7, 11) is 1.62. The molecule has 1 atom stereocenters. The highest BCUT2D eigenvalue weighted by atomic mass is 16.6. The molecule has 1 N–H and O–H groups in total. The van der Waals surface area contributed by atoms with Crippen LogP contribution >= 0.6 is 0 Å². The first-order valence-corrected chi connectivity index (χ1v) is 6.07. The molecule has 1 unspecified atom stereocenters. The third-order valence-corrected chi connectivity index (χ3v) is 3.65. The van der Waals surface area contributed by atoms with E-state index in [2.05, 4.69) is 5.32 Å². The molecule has 2 fully saturated rings. The van der Waals surface area contributed by atoms with Gasteiger partial charge < -0.3 is 14.8 Å². The molecule has 0 aromatic heterocycles. The Hall–Kier alpha value is -1.75. The summed E-state index contributed by atoms with van der Waals surface area (Å²) in [5.41, 5.74) is 0.601. The van der Waals surface area contributed by atoms with Crippen LogP contribution in [0.25, 0.3) is 0 Å². The molecule has 3 rings (SSSR count). The average Bonchev–Trinajstić information content (AvgIpc) is 2.99. The van der Waals surface area contributed by atoms with E-state index in [1.807, 2.05) is 24.3 Å². The molecule has 0 bridgehead atoms. The summed E-state index contributed by atoms with van der Waals surface area (Å²) in [5.74, 6) is 0.744. The van der Waals surface area contributed by atoms with Crippen LogP contribution in [0.15, 0.2) is 24.3 Å². The average molecular weight is 248 g/mol. The molecule has 96 valence electrons. The summed E-state index contributed by atoms with van der Waals surface area (Å²) >= 11 is 0. The van der Waals surface area contributed by atoms with E-state index in [9.17, 15) is 4.79 Å². The molecule has 0 radical (unpaired) electrons. The molecule has 2 aliphatic rings. The molecule has 2 aliphatic heterocycles. The van der Waals surface area contributed by atoms with E-state index in [1.54, 1.807) is 12.0 Å². The van der Waals surface area contributed by atoms with Crippen molar-refractivity contribution in [3.63, 3.8) is 0 Å². The largest absolute Gasteiger partial charge is 0.497 e. The Morgan fingerprint density at radius 3 is 3.11 bits per heavy atom. The third-order valence-electron chi connectivity index (χ3n) is 3.65. The van der Waals surface area contributed by atoms with E-state index in [0.29, 0.717) is 6.61 Å². The number of anilines is 1. The van der Waals surface area contributed by atoms with Crippen LogP contribution in [0.3, 0.4) is 0 Å². The fourth-order valence-electron chi connectivity index (χ4n) is 2.69. The van der Waals surface area contributed by atoms with Crippen molar-refractivity contribution in [3.8, 4) is 5.75 Å². The molecule has 18 heavy (non-hydrogen) atoms. The van der Waals surface area contributed by atoms with Crippen molar-refractivity contribution in [3.05, 3.63) is 24.3 Å². The van der Waals surface area contributed by atoms with Gasteiger partial charge in [0.2, 0.25) is 0 Å². The molecule has 1 amide bonds. The highest BCUT2D eigenvalue weighted by Crippen LogP contribution is 2.36. The fourth-order valence-corrected chi connectivity index (χ4v) is 2.69. The monoisotopic (exact) mass is 248 g/mol. The Kier molecular flexibility index (Phi) is 2.63. The van der Waals surface area contributed by atoms with Crippen molar-refractivity contribution < 1.29 is 14.3 Å². The first kappa shape index (κ1) is 11.3. The topological polar surface area (TPSA) is 50.8 Å². The molecule has 1 aromatic carbocycles. The normalized spacial score (nSPS) is 26.7. The maximum atomic E-state index is 12.0. The quantitative estimate of drug-likeness (QED) is 0.859. The van der Waals surface area contributed by atoms with Gasteiger partial charge in [0.1, 0.15) is 12.4 Å². The Labute approximate surface area is 106 Å². The minimum Gasteiger partial charge on any atom is -0.497 e. The van der Waals surface area contributed by atoms with Gasteiger partial charge in [-0.15, -0.1) is 0 Å². The summed E-state index contributed by atoms with van der Waals surface area (Å²) in [6, 6.07) is 7.53. The number of carbonyl (C=O) groups excluding carboxylic acids is 1. The van der Waals surface area contributed by atoms with Crippen LogP contribution in [-0.2, 0) is 4.74 Å². The SMILES string of the molecule is COc1cccc(N2C(=O)OCC23CCNC3)c1. The van der Waals surface area contributed by atoms with Gasteiger partial charge in [0.15, 0.2) is 0 Å². The smallest absolute Gasteiger partial charge is 0.415 e. The van der Waals surface area contributed by atoms with Gasteiger partial charge in [0.25, 0.3) is 0 Å². The fraction of sp³-hybridized carbons (Fsp3) is 0.462. The molecule has 1 spiro atoms. The van der Waals surface area contributed by atoms with Crippen LogP contribution in [-0.4, -0.2) is 38.4 Å². The van der Waals surface area contributed by atoms with E-state index >= 15 is 0 Å². The van der Waals surface area contributed by atoms with Crippen LogP contribution in [0, 0.1) is 0 Å². The number of methoxy groups -OCH3 is 1. The van der Waals surface area contributed by atoms with Crippen LogP contribution in [0.1, 0.15) is 6.42 Å². The van der Waals surface area contributed by atoms with Gasteiger partial charge in [-0.05, 0) is 25.1 Å². The van der Waals surface area contributed by atoms with Gasteiger partial charge in [0, 0.05) is 12.6 Å². The Bertz CT molecular complexity index is 469. The van der Waals surface area contributed by atoms with Crippen LogP contribution < -0.4 is 15.0 Å². The second-order valence-electron chi connectivity index (χ2n) is 4.74. The standard InChI is InChI=1S/C13H16N2O3/c1-17-11-4-2-3-10(7-11)15-12(16)18-9-13(15)5-6-14-8-13/h2-4,7,14H,5-6,8-9H2,1H3. The molecular formula is C13H16N2O3. The Balaban J connectivity index is 1.99. The van der Waals surface area contributed by atoms with Crippen molar-refractivity contribution in [2.75, 3.05) is 31.7 Å². The third kappa shape index (κ3) is 1.62. The number of hydrogen-bond acceptors (Lipinski definition) is 4. The van der Waals surface area contributed by atoms with E-state index in [4.69, 9.17) is 9.47 Å². The van der Waals surface area contributed by atoms with Crippen LogP contribution in [0.2, 0.25) is 0 Å². The second kappa shape index (κ2) is 4.17. The zero-order valence-electron chi connectivity index (χ0n) is 10.3. The highest BCUT2D eigenvalue weighted by molar-refractivity contribution is 5.92. The van der Waals surface area contributed by atoms with Gasteiger partial charge in [-0.2, -0.15) is 0 Å². The molecule has 2 heterocycles. The van der Waals surface area contributed by atoms with Crippen molar-refractivity contribution in [2.24, 2.45) is 0 Å². The van der Waals surface area contributed by atoms with Crippen molar-refractivity contribution in [1.29, 1.82) is 0 Å². The number of rotatable bonds is 2. The predicted molar refractivity (Wildman–Crippen MR) is 67.0 cm³/mol. The lowest BCUT2D eigenvalue weighted by Crippen LogP contribution is -2.49. The minimum atomic E-state index is -0.271. The number of nitrogens with zero attached hydrogens (tertiary/aromatic N) is 1. The number of cyclic esters (lactones) is 1. The summed E-state index contributed by atoms with van der Waals surface area (Å²) < 4.78 is 10.4. The molecule has 5 nitrogen and oxygen atoms in total. The van der Waals surface area contributed by atoms with E-state index in [-0.39, 0.29) is 11.6 Å². The zero-order valence-corrected chi connectivity index (χ0v) is 10.3. The summed E-state index contributed by atoms with van der Waals surface area (Å²) in [5, 5.41) is 3.30. The van der Waals surface area contributed by atoms with Crippen molar-refractivity contribution in [1.82, 2.24) is 5.32 Å². The number of benzene rings is 1. The summed E-state index contributed by atoms with van der Waals surface area (Å²) in [6.45, 7) is 2.14. The lowest BCUT2D eigenvalue weighted by atomic mass is 9.98. The van der Waals surface area contributed by atoms with Gasteiger partial charge in [0.05, 0.1) is 18.3 Å². The van der Waals surface area contributed by atoms with Gasteiger partial charge in [-0.25, -0.2) is 4.79 Å². The number of nitrogens with one attached hydrogen (secondary N) is 1. The molecule has 0 aliphatic carbocycles. The van der Waals surface area contributed by atoms with E-state index in [0.717, 1.165) is 30.9 Å². The van der Waals surface area contributed by atoms with Crippen LogP contribution in [0.5, 0.6) is 5.75 Å². The first-order chi connectivity index (χ1) is 8.75. The predicted octanol–water partition coefficient (Wildman–Crippen LogP) is 1.38. The van der Waals surface area contributed by atoms with E-state index < -0.39 is 0 Å². The molecule has 1 aromatic rings. The number of amides is 1. The number of hydrogen-bond donors (Lipinski definition) is 1. The minimum absolute atomic E-state index is 0.233. The molecule has 2 saturated heterocycles.